The lowest BCUT2D eigenvalue weighted by Crippen LogP contribution is -2.27. The number of nitrogens with one attached hydrogen (secondary N) is 1. The molecule has 0 saturated heterocycles. The molecular formula is C15H18N6O2. The number of H-pyrrole nitrogens is 1. The number of aromatic amines is 1. The highest BCUT2D eigenvalue weighted by molar-refractivity contribution is 5.80. The Morgan fingerprint density at radius 2 is 2.13 bits per heavy atom. The summed E-state index contributed by atoms with van der Waals surface area (Å²) in [5.74, 6) is 0. The fourth-order valence-corrected chi connectivity index (χ4v) is 2.55. The summed E-state index contributed by atoms with van der Waals surface area (Å²) < 4.78 is 2.68. The van der Waals surface area contributed by atoms with Crippen molar-refractivity contribution in [3.05, 3.63) is 40.2 Å². The van der Waals surface area contributed by atoms with E-state index < -0.39 is 0 Å². The van der Waals surface area contributed by atoms with Crippen LogP contribution in [0, 0.1) is 6.92 Å². The van der Waals surface area contributed by atoms with E-state index in [1.807, 2.05) is 13.8 Å². The smallest absolute Gasteiger partial charge is 0.329 e. The van der Waals surface area contributed by atoms with Gasteiger partial charge in [-0.3, -0.25) is 9.89 Å². The van der Waals surface area contributed by atoms with Gasteiger partial charge in [0, 0.05) is 48.9 Å². The average Bonchev–Trinajstić information content (AvgIpc) is 3.13. The van der Waals surface area contributed by atoms with E-state index in [1.165, 1.54) is 14.1 Å². The highest BCUT2D eigenvalue weighted by atomic mass is 16.2. The van der Waals surface area contributed by atoms with Crippen LogP contribution in [-0.2, 0) is 6.42 Å². The van der Waals surface area contributed by atoms with Gasteiger partial charge < -0.3 is 4.90 Å². The molecule has 0 bridgehead atoms. The molecule has 3 aromatic heterocycles. The topological polar surface area (TPSA) is 88.3 Å². The maximum absolute atomic E-state index is 12.4. The molecule has 0 aliphatic heterocycles. The summed E-state index contributed by atoms with van der Waals surface area (Å²) in [7, 11) is 3.32. The molecule has 0 aliphatic rings. The van der Waals surface area contributed by atoms with Crippen molar-refractivity contribution in [3.8, 4) is 11.1 Å². The second kappa shape index (κ2) is 5.38. The maximum atomic E-state index is 12.4. The van der Waals surface area contributed by atoms with Crippen LogP contribution in [0.4, 0.5) is 4.79 Å². The van der Waals surface area contributed by atoms with Crippen molar-refractivity contribution < 1.29 is 4.79 Å². The summed E-state index contributed by atoms with van der Waals surface area (Å²) in [4.78, 5) is 30.3. The second-order valence-electron chi connectivity index (χ2n) is 5.53. The van der Waals surface area contributed by atoms with Crippen LogP contribution in [0.15, 0.2) is 23.4 Å². The van der Waals surface area contributed by atoms with Gasteiger partial charge in [-0.1, -0.05) is 6.92 Å². The van der Waals surface area contributed by atoms with Crippen molar-refractivity contribution in [3.63, 3.8) is 0 Å². The van der Waals surface area contributed by atoms with Crippen molar-refractivity contribution in [2.45, 2.75) is 20.3 Å². The van der Waals surface area contributed by atoms with Crippen molar-refractivity contribution in [2.24, 2.45) is 0 Å². The van der Waals surface area contributed by atoms with Gasteiger partial charge in [0.05, 0.1) is 6.20 Å². The summed E-state index contributed by atoms with van der Waals surface area (Å²) in [6.45, 7) is 3.76. The van der Waals surface area contributed by atoms with Crippen molar-refractivity contribution >= 4 is 11.7 Å². The molecule has 0 radical (unpaired) electrons. The number of hydrogen-bond donors (Lipinski definition) is 1. The lowest BCUT2D eigenvalue weighted by Gasteiger charge is -2.08. The molecule has 0 atom stereocenters. The number of nitrogens with zero attached hydrogens (tertiary/aromatic N) is 5. The van der Waals surface area contributed by atoms with Crippen LogP contribution in [-0.4, -0.2) is 49.4 Å². The molecule has 1 N–H and O–H groups in total. The number of rotatable bonds is 2. The van der Waals surface area contributed by atoms with Crippen LogP contribution in [0.3, 0.4) is 0 Å². The number of aromatic nitrogens is 5. The first-order valence-electron chi connectivity index (χ1n) is 7.30. The molecule has 1 amide bonds. The number of carbonyl (C=O) groups is 1. The molecular weight excluding hydrogens is 296 g/mol. The van der Waals surface area contributed by atoms with Crippen LogP contribution in [0.1, 0.15) is 18.2 Å². The zero-order valence-electron chi connectivity index (χ0n) is 13.5. The third-order valence-electron chi connectivity index (χ3n) is 3.79. The van der Waals surface area contributed by atoms with Gasteiger partial charge in [0.1, 0.15) is 0 Å². The Morgan fingerprint density at radius 1 is 1.39 bits per heavy atom. The van der Waals surface area contributed by atoms with E-state index in [0.29, 0.717) is 17.6 Å². The molecule has 23 heavy (non-hydrogen) atoms. The van der Waals surface area contributed by atoms with Crippen LogP contribution < -0.4 is 5.56 Å². The molecule has 120 valence electrons. The van der Waals surface area contributed by atoms with Gasteiger partial charge in [-0.2, -0.15) is 9.78 Å². The van der Waals surface area contributed by atoms with Crippen molar-refractivity contribution in [1.82, 2.24) is 29.3 Å². The zero-order chi connectivity index (χ0) is 16.7. The largest absolute Gasteiger partial charge is 0.344 e. The molecule has 0 aliphatic carbocycles. The minimum Gasteiger partial charge on any atom is -0.329 e. The maximum Gasteiger partial charge on any atom is 0.344 e. The van der Waals surface area contributed by atoms with E-state index >= 15 is 0 Å². The summed E-state index contributed by atoms with van der Waals surface area (Å²) in [5.41, 5.74) is 3.28. The Kier molecular flexibility index (Phi) is 3.51. The Morgan fingerprint density at radius 3 is 2.78 bits per heavy atom. The summed E-state index contributed by atoms with van der Waals surface area (Å²) in [6.07, 6.45) is 5.54. The van der Waals surface area contributed by atoms with Gasteiger partial charge in [-0.05, 0) is 13.3 Å². The molecule has 3 rings (SSSR count). The number of carbonyl (C=O) groups excluding carboxylic acids is 1. The number of aryl methyl sites for hydroxylation is 1. The predicted octanol–water partition coefficient (Wildman–Crippen LogP) is 1.29. The van der Waals surface area contributed by atoms with Crippen molar-refractivity contribution in [1.29, 1.82) is 0 Å². The van der Waals surface area contributed by atoms with Gasteiger partial charge in [0.25, 0.3) is 5.56 Å². The average molecular weight is 314 g/mol. The Hall–Kier alpha value is -2.90. The second-order valence-corrected chi connectivity index (χ2v) is 5.53. The fourth-order valence-electron chi connectivity index (χ4n) is 2.55. The van der Waals surface area contributed by atoms with Gasteiger partial charge in [-0.15, -0.1) is 0 Å². The predicted molar refractivity (Wildman–Crippen MR) is 85.6 cm³/mol. The minimum atomic E-state index is -0.245. The summed E-state index contributed by atoms with van der Waals surface area (Å²) in [6, 6.07) is -0.245. The SMILES string of the molecule is CCc1c(C)nc2c(-c3cnn(C(=O)N(C)C)c3)c[nH]n2c1=O. The quantitative estimate of drug-likeness (QED) is 0.772. The Balaban J connectivity index is 2.15. The molecule has 0 saturated carbocycles. The van der Waals surface area contributed by atoms with Gasteiger partial charge in [0.2, 0.25) is 0 Å². The first-order chi connectivity index (χ1) is 10.9. The first kappa shape index (κ1) is 15.0. The van der Waals surface area contributed by atoms with E-state index in [2.05, 4.69) is 15.2 Å². The van der Waals surface area contributed by atoms with Crippen LogP contribution >= 0.6 is 0 Å². The molecule has 0 spiro atoms. The first-order valence-corrected chi connectivity index (χ1v) is 7.30. The third-order valence-corrected chi connectivity index (χ3v) is 3.79. The van der Waals surface area contributed by atoms with Crippen LogP contribution in [0.25, 0.3) is 16.8 Å². The van der Waals surface area contributed by atoms with Crippen LogP contribution in [0.5, 0.6) is 0 Å². The summed E-state index contributed by atoms with van der Waals surface area (Å²) >= 11 is 0. The highest BCUT2D eigenvalue weighted by Crippen LogP contribution is 2.22. The van der Waals surface area contributed by atoms with Crippen LogP contribution in [0.2, 0.25) is 0 Å². The number of fused-ring (bicyclic) bond motifs is 1. The van der Waals surface area contributed by atoms with E-state index in [1.54, 1.807) is 32.7 Å². The molecule has 3 aromatic rings. The fraction of sp³-hybridized carbons (Fsp3) is 0.333. The molecule has 0 unspecified atom stereocenters. The lowest BCUT2D eigenvalue weighted by atomic mass is 10.1. The molecule has 3 heterocycles. The number of amides is 1. The Labute approximate surface area is 132 Å². The number of hydrogen-bond acceptors (Lipinski definition) is 4. The zero-order valence-corrected chi connectivity index (χ0v) is 13.5. The standard InChI is InChI=1S/C15H18N6O2/c1-5-11-9(2)18-13-12(7-17-21(13)14(11)22)10-6-16-20(8-10)15(23)19(3)4/h6-8,17H,5H2,1-4H3. The van der Waals surface area contributed by atoms with E-state index in [0.717, 1.165) is 16.8 Å². The van der Waals surface area contributed by atoms with E-state index in [4.69, 9.17) is 0 Å². The molecule has 0 aromatic carbocycles. The van der Waals surface area contributed by atoms with E-state index in [-0.39, 0.29) is 11.6 Å². The molecule has 0 fully saturated rings. The van der Waals surface area contributed by atoms with Gasteiger partial charge >= 0.3 is 6.03 Å². The Bertz CT molecular complexity index is 947. The monoisotopic (exact) mass is 314 g/mol. The van der Waals surface area contributed by atoms with Gasteiger partial charge in [0.15, 0.2) is 5.65 Å². The molecule has 8 nitrogen and oxygen atoms in total. The lowest BCUT2D eigenvalue weighted by molar-refractivity contribution is 0.216. The van der Waals surface area contributed by atoms with E-state index in [9.17, 15) is 9.59 Å². The highest BCUT2D eigenvalue weighted by Gasteiger charge is 2.16. The normalized spacial score (nSPS) is 11.1. The third kappa shape index (κ3) is 2.32. The molecule has 8 heteroatoms. The minimum absolute atomic E-state index is 0.0991. The summed E-state index contributed by atoms with van der Waals surface area (Å²) in [5, 5.41) is 7.00. The van der Waals surface area contributed by atoms with Crippen molar-refractivity contribution in [2.75, 3.05) is 14.1 Å². The van der Waals surface area contributed by atoms with Gasteiger partial charge in [-0.25, -0.2) is 14.3 Å².